The summed E-state index contributed by atoms with van der Waals surface area (Å²) in [6.45, 7) is 2.19. The van der Waals surface area contributed by atoms with Gasteiger partial charge in [-0.2, -0.15) is 0 Å². The van der Waals surface area contributed by atoms with E-state index in [0.717, 1.165) is 17.0 Å². The van der Waals surface area contributed by atoms with E-state index in [9.17, 15) is 0 Å². The van der Waals surface area contributed by atoms with Gasteiger partial charge in [-0.25, -0.2) is 0 Å². The highest BCUT2D eigenvalue weighted by atomic mass is 32.1. The molecule has 0 aliphatic rings. The molecular weight excluding hydrogens is 268 g/mol. The van der Waals surface area contributed by atoms with Crippen LogP contribution < -0.4 is 0 Å². The Bertz CT molecular complexity index is 492. The fourth-order valence-electron chi connectivity index (χ4n) is 2.63. The molecule has 0 saturated heterocycles. The van der Waals surface area contributed by atoms with Gasteiger partial charge in [0.2, 0.25) is 0 Å². The Morgan fingerprint density at radius 1 is 0.947 bits per heavy atom. The number of hydrogen-bond donors (Lipinski definition) is 1. The topological polar surface area (TPSA) is 0 Å². The van der Waals surface area contributed by atoms with Crippen LogP contribution in [0.1, 0.15) is 30.9 Å². The van der Waals surface area contributed by atoms with Crippen LogP contribution in [0.4, 0.5) is 0 Å². The maximum absolute atomic E-state index is 5.52. The minimum atomic E-state index is -0.268. The van der Waals surface area contributed by atoms with Gasteiger partial charge < -0.3 is 0 Å². The molecule has 98 valence electrons. The largest absolute Gasteiger partial charge is 0.135 e. The zero-order valence-electron chi connectivity index (χ0n) is 11.0. The molecule has 0 N–H and O–H groups in total. The number of hydrogen-bond acceptors (Lipinski definition) is 1. The molecule has 2 rings (SSSR count). The lowest BCUT2D eigenvalue weighted by Gasteiger charge is -2.34. The third kappa shape index (κ3) is 2.75. The van der Waals surface area contributed by atoms with Crippen molar-refractivity contribution in [2.75, 3.05) is 0 Å². The van der Waals surface area contributed by atoms with Crippen LogP contribution >= 0.6 is 24.8 Å². The van der Waals surface area contributed by atoms with Crippen molar-refractivity contribution < 1.29 is 0 Å². The lowest BCUT2D eigenvalue weighted by Crippen LogP contribution is -2.33. The molecule has 2 aromatic carbocycles. The second-order valence-corrected chi connectivity index (χ2v) is 5.85. The van der Waals surface area contributed by atoms with Gasteiger partial charge in [0.15, 0.2) is 0 Å². The molecule has 0 bridgehead atoms. The quantitative estimate of drug-likeness (QED) is 0.594. The molecule has 0 nitrogen and oxygen atoms in total. The van der Waals surface area contributed by atoms with E-state index >= 15 is 0 Å². The summed E-state index contributed by atoms with van der Waals surface area (Å²) in [6, 6.07) is 20.9. The molecule has 0 amide bonds. The zero-order valence-corrected chi connectivity index (χ0v) is 12.8. The minimum absolute atomic E-state index is 0.268. The molecule has 19 heavy (non-hydrogen) atoms. The first-order valence-electron chi connectivity index (χ1n) is 6.56. The van der Waals surface area contributed by atoms with Crippen molar-refractivity contribution in [3.05, 3.63) is 71.8 Å². The summed E-state index contributed by atoms with van der Waals surface area (Å²) in [7, 11) is 0. The van der Waals surface area contributed by atoms with Gasteiger partial charge in [-0.15, -0.1) is 12.6 Å². The summed E-state index contributed by atoms with van der Waals surface area (Å²) < 4.78 is 0.742. The normalized spacial score (nSPS) is 11.3. The van der Waals surface area contributed by atoms with Crippen molar-refractivity contribution in [1.82, 2.24) is 0 Å². The number of thiol groups is 1. The Morgan fingerprint density at radius 2 is 1.37 bits per heavy atom. The summed E-state index contributed by atoms with van der Waals surface area (Å²) >= 11 is 10.1. The van der Waals surface area contributed by atoms with Gasteiger partial charge in [-0.3, -0.25) is 0 Å². The average Bonchev–Trinajstić information content (AvgIpc) is 2.46. The van der Waals surface area contributed by atoms with Crippen molar-refractivity contribution in [1.29, 1.82) is 0 Å². The highest BCUT2D eigenvalue weighted by molar-refractivity contribution is 8.11. The standard InChI is InChI=1S/C17H18S2/c1-2-13-17(16(18)19,14-9-5-3-6-10-14)15-11-7-4-8-12-15/h3-12H,2,13H2,1H3,(H,18,19). The predicted molar refractivity (Wildman–Crippen MR) is 90.2 cm³/mol. The minimum Gasteiger partial charge on any atom is -0.135 e. The maximum atomic E-state index is 5.52. The molecule has 0 fully saturated rings. The van der Waals surface area contributed by atoms with Gasteiger partial charge in [0.25, 0.3) is 0 Å². The third-order valence-corrected chi connectivity index (χ3v) is 4.25. The van der Waals surface area contributed by atoms with Crippen molar-refractivity contribution >= 4 is 29.0 Å². The molecule has 0 heterocycles. The van der Waals surface area contributed by atoms with Crippen molar-refractivity contribution in [2.45, 2.75) is 25.2 Å². The summed E-state index contributed by atoms with van der Waals surface area (Å²) in [5.74, 6) is 0. The van der Waals surface area contributed by atoms with Crippen LogP contribution in [0.25, 0.3) is 0 Å². The van der Waals surface area contributed by atoms with Gasteiger partial charge in [0.1, 0.15) is 0 Å². The van der Waals surface area contributed by atoms with Gasteiger partial charge in [-0.05, 0) is 17.5 Å². The lowest BCUT2D eigenvalue weighted by atomic mass is 9.73. The predicted octanol–water partition coefficient (Wildman–Crippen LogP) is 5.03. The Balaban J connectivity index is 2.65. The fraction of sp³-hybridized carbons (Fsp3) is 0.235. The molecule has 0 saturated carbocycles. The third-order valence-electron chi connectivity index (χ3n) is 3.52. The lowest BCUT2D eigenvalue weighted by molar-refractivity contribution is 0.617. The van der Waals surface area contributed by atoms with E-state index in [-0.39, 0.29) is 5.41 Å². The van der Waals surface area contributed by atoms with Gasteiger partial charge in [0.05, 0.1) is 9.61 Å². The summed E-state index contributed by atoms with van der Waals surface area (Å²) in [6.07, 6.45) is 2.04. The maximum Gasteiger partial charge on any atom is 0.0611 e. The van der Waals surface area contributed by atoms with Crippen molar-refractivity contribution in [3.8, 4) is 0 Å². The zero-order chi connectivity index (χ0) is 13.7. The van der Waals surface area contributed by atoms with Crippen LogP contribution in [-0.4, -0.2) is 4.20 Å². The Kier molecular flexibility index (Phi) is 4.78. The van der Waals surface area contributed by atoms with Crippen LogP contribution in [0.5, 0.6) is 0 Å². The average molecular weight is 286 g/mol. The molecule has 0 spiro atoms. The van der Waals surface area contributed by atoms with Crippen molar-refractivity contribution in [3.63, 3.8) is 0 Å². The van der Waals surface area contributed by atoms with Crippen LogP contribution in [-0.2, 0) is 5.41 Å². The van der Waals surface area contributed by atoms with Crippen LogP contribution in [0.3, 0.4) is 0 Å². The Labute approximate surface area is 126 Å². The molecule has 2 aromatic rings. The van der Waals surface area contributed by atoms with Gasteiger partial charge in [0, 0.05) is 0 Å². The molecule has 0 unspecified atom stereocenters. The first kappa shape index (κ1) is 14.3. The van der Waals surface area contributed by atoms with E-state index in [1.54, 1.807) is 0 Å². The molecule has 0 aromatic heterocycles. The SMILES string of the molecule is CCCC(C(=S)S)(c1ccccc1)c1ccccc1. The molecule has 0 aliphatic carbocycles. The summed E-state index contributed by atoms with van der Waals surface area (Å²) in [4.78, 5) is 0. The summed E-state index contributed by atoms with van der Waals surface area (Å²) in [5.41, 5.74) is 2.18. The van der Waals surface area contributed by atoms with Gasteiger partial charge in [-0.1, -0.05) is 86.2 Å². The van der Waals surface area contributed by atoms with Crippen molar-refractivity contribution in [2.24, 2.45) is 0 Å². The first-order chi connectivity index (χ1) is 9.21. The van der Waals surface area contributed by atoms with E-state index in [4.69, 9.17) is 12.2 Å². The molecule has 0 atom stereocenters. The molecule has 0 radical (unpaired) electrons. The number of rotatable bonds is 5. The Morgan fingerprint density at radius 3 is 1.68 bits per heavy atom. The summed E-state index contributed by atoms with van der Waals surface area (Å²) in [5, 5.41) is 0. The second-order valence-electron chi connectivity index (χ2n) is 4.69. The second kappa shape index (κ2) is 6.36. The Hall–Kier alpha value is -1.12. The van der Waals surface area contributed by atoms with E-state index < -0.39 is 0 Å². The smallest absolute Gasteiger partial charge is 0.0611 e. The van der Waals surface area contributed by atoms with E-state index in [1.165, 1.54) is 11.1 Å². The monoisotopic (exact) mass is 286 g/mol. The van der Waals surface area contributed by atoms with E-state index in [0.29, 0.717) is 0 Å². The molecule has 0 aliphatic heterocycles. The molecule has 2 heteroatoms. The van der Waals surface area contributed by atoms with E-state index in [1.807, 2.05) is 12.1 Å². The highest BCUT2D eigenvalue weighted by Gasteiger charge is 2.36. The van der Waals surface area contributed by atoms with Gasteiger partial charge >= 0.3 is 0 Å². The molecular formula is C17H18S2. The fourth-order valence-corrected chi connectivity index (χ4v) is 3.34. The first-order valence-corrected chi connectivity index (χ1v) is 7.42. The van der Waals surface area contributed by atoms with Crippen LogP contribution in [0.2, 0.25) is 0 Å². The number of benzene rings is 2. The number of thiocarbonyl (C=S) groups is 1. The highest BCUT2D eigenvalue weighted by Crippen LogP contribution is 2.39. The van der Waals surface area contributed by atoms with Crippen LogP contribution in [0, 0.1) is 0 Å². The van der Waals surface area contributed by atoms with Crippen LogP contribution in [0.15, 0.2) is 60.7 Å². The van der Waals surface area contributed by atoms with E-state index in [2.05, 4.69) is 68.1 Å².